The first-order chi connectivity index (χ1) is 8.59. The second-order valence-corrected chi connectivity index (χ2v) is 4.14. The van der Waals surface area contributed by atoms with Crippen molar-refractivity contribution in [3.63, 3.8) is 0 Å². The van der Waals surface area contributed by atoms with E-state index in [0.717, 1.165) is 11.4 Å². The molecule has 94 valence electrons. The lowest BCUT2D eigenvalue weighted by Gasteiger charge is -2.18. The van der Waals surface area contributed by atoms with E-state index in [1.807, 2.05) is 13.0 Å². The van der Waals surface area contributed by atoms with Gasteiger partial charge in [0, 0.05) is 11.8 Å². The Morgan fingerprint density at radius 2 is 1.78 bits per heavy atom. The molecule has 0 aliphatic heterocycles. The number of halogens is 2. The van der Waals surface area contributed by atoms with Crippen molar-refractivity contribution in [1.29, 1.82) is 0 Å². The van der Waals surface area contributed by atoms with E-state index in [1.165, 1.54) is 18.2 Å². The number of benzene rings is 1. The minimum atomic E-state index is -0.545. The van der Waals surface area contributed by atoms with Gasteiger partial charge in [0.1, 0.15) is 11.6 Å². The lowest BCUT2D eigenvalue weighted by molar-refractivity contribution is 0.544. The SMILES string of the molecule is Cc1ncccc1NC(C)c1c(F)cccc1F. The van der Waals surface area contributed by atoms with Crippen LogP contribution in [0.4, 0.5) is 14.5 Å². The molecule has 0 aliphatic rings. The van der Waals surface area contributed by atoms with Crippen molar-refractivity contribution in [1.82, 2.24) is 4.98 Å². The minimum absolute atomic E-state index is 0.0424. The predicted molar refractivity (Wildman–Crippen MR) is 67.4 cm³/mol. The highest BCUT2D eigenvalue weighted by Gasteiger charge is 2.16. The molecular formula is C14H14F2N2. The molecule has 1 aromatic heterocycles. The molecule has 2 aromatic rings. The Balaban J connectivity index is 2.28. The van der Waals surface area contributed by atoms with Gasteiger partial charge in [0.2, 0.25) is 0 Å². The van der Waals surface area contributed by atoms with E-state index < -0.39 is 17.7 Å². The third-order valence-corrected chi connectivity index (χ3v) is 2.81. The van der Waals surface area contributed by atoms with Crippen LogP contribution in [-0.4, -0.2) is 4.98 Å². The standard InChI is InChI=1S/C14H14F2N2/c1-9-13(7-4-8-17-9)18-10(2)14-11(15)5-3-6-12(14)16/h3-8,10,18H,1-2H3. The fourth-order valence-electron chi connectivity index (χ4n) is 1.87. The van der Waals surface area contributed by atoms with Crippen LogP contribution >= 0.6 is 0 Å². The van der Waals surface area contributed by atoms with E-state index >= 15 is 0 Å². The molecule has 0 aliphatic carbocycles. The summed E-state index contributed by atoms with van der Waals surface area (Å²) in [4.78, 5) is 4.12. The van der Waals surface area contributed by atoms with Crippen LogP contribution in [-0.2, 0) is 0 Å². The summed E-state index contributed by atoms with van der Waals surface area (Å²) in [5.74, 6) is -1.09. The molecule has 0 saturated heterocycles. The lowest BCUT2D eigenvalue weighted by atomic mass is 10.1. The van der Waals surface area contributed by atoms with Crippen LogP contribution in [0.2, 0.25) is 0 Å². The van der Waals surface area contributed by atoms with Gasteiger partial charge >= 0.3 is 0 Å². The van der Waals surface area contributed by atoms with Crippen LogP contribution in [0.3, 0.4) is 0 Å². The Bertz CT molecular complexity index is 535. The van der Waals surface area contributed by atoms with Gasteiger partial charge in [-0.2, -0.15) is 0 Å². The third-order valence-electron chi connectivity index (χ3n) is 2.81. The highest BCUT2D eigenvalue weighted by molar-refractivity contribution is 5.48. The number of hydrogen-bond acceptors (Lipinski definition) is 2. The Morgan fingerprint density at radius 1 is 1.11 bits per heavy atom. The van der Waals surface area contributed by atoms with Crippen LogP contribution in [0, 0.1) is 18.6 Å². The van der Waals surface area contributed by atoms with Crippen molar-refractivity contribution in [3.8, 4) is 0 Å². The molecule has 2 rings (SSSR count). The number of nitrogens with one attached hydrogen (secondary N) is 1. The van der Waals surface area contributed by atoms with Gasteiger partial charge < -0.3 is 5.32 Å². The molecule has 4 heteroatoms. The number of rotatable bonds is 3. The van der Waals surface area contributed by atoms with Gasteiger partial charge in [-0.15, -0.1) is 0 Å². The number of aryl methyl sites for hydroxylation is 1. The number of hydrogen-bond donors (Lipinski definition) is 1. The number of nitrogens with zero attached hydrogens (tertiary/aromatic N) is 1. The van der Waals surface area contributed by atoms with Gasteiger partial charge in [-0.3, -0.25) is 4.98 Å². The van der Waals surface area contributed by atoms with Crippen LogP contribution in [0.1, 0.15) is 24.2 Å². The summed E-state index contributed by atoms with van der Waals surface area (Å²) in [6.07, 6.45) is 1.68. The maximum absolute atomic E-state index is 13.6. The zero-order chi connectivity index (χ0) is 13.1. The molecule has 0 bridgehead atoms. The van der Waals surface area contributed by atoms with Crippen LogP contribution in [0.15, 0.2) is 36.5 Å². The highest BCUT2D eigenvalue weighted by atomic mass is 19.1. The maximum atomic E-state index is 13.6. The van der Waals surface area contributed by atoms with Gasteiger partial charge in [-0.1, -0.05) is 6.07 Å². The Kier molecular flexibility index (Phi) is 3.55. The largest absolute Gasteiger partial charge is 0.377 e. The second-order valence-electron chi connectivity index (χ2n) is 4.14. The molecule has 0 spiro atoms. The first-order valence-electron chi connectivity index (χ1n) is 5.71. The summed E-state index contributed by atoms with van der Waals surface area (Å²) in [5.41, 5.74) is 1.61. The molecule has 1 aromatic carbocycles. The van der Waals surface area contributed by atoms with E-state index in [-0.39, 0.29) is 5.56 Å². The van der Waals surface area contributed by atoms with Gasteiger partial charge in [0.15, 0.2) is 0 Å². The molecule has 2 nitrogen and oxygen atoms in total. The van der Waals surface area contributed by atoms with Crippen molar-refractivity contribution in [3.05, 3.63) is 59.4 Å². The van der Waals surface area contributed by atoms with Crippen molar-refractivity contribution >= 4 is 5.69 Å². The molecule has 1 heterocycles. The number of aromatic nitrogens is 1. The molecule has 0 fully saturated rings. The second kappa shape index (κ2) is 5.12. The van der Waals surface area contributed by atoms with Crippen LogP contribution in [0.5, 0.6) is 0 Å². The Hall–Kier alpha value is -1.97. The van der Waals surface area contributed by atoms with Gasteiger partial charge in [-0.05, 0) is 38.1 Å². The number of anilines is 1. The van der Waals surface area contributed by atoms with E-state index in [9.17, 15) is 8.78 Å². The smallest absolute Gasteiger partial charge is 0.131 e. The summed E-state index contributed by atoms with van der Waals surface area (Å²) in [6.45, 7) is 3.56. The molecule has 1 N–H and O–H groups in total. The van der Waals surface area contributed by atoms with E-state index in [4.69, 9.17) is 0 Å². The molecule has 1 atom stereocenters. The molecule has 1 unspecified atom stereocenters. The summed E-state index contributed by atoms with van der Waals surface area (Å²) in [7, 11) is 0. The first kappa shape index (κ1) is 12.5. The summed E-state index contributed by atoms with van der Waals surface area (Å²) in [5, 5.41) is 3.07. The van der Waals surface area contributed by atoms with Crippen LogP contribution < -0.4 is 5.32 Å². The Labute approximate surface area is 105 Å². The third kappa shape index (κ3) is 2.47. The molecule has 0 amide bonds. The molecule has 0 saturated carbocycles. The van der Waals surface area contributed by atoms with Crippen molar-refractivity contribution in [2.75, 3.05) is 5.32 Å². The average molecular weight is 248 g/mol. The van der Waals surface area contributed by atoms with E-state index in [1.54, 1.807) is 19.2 Å². The molecule has 0 radical (unpaired) electrons. The monoisotopic (exact) mass is 248 g/mol. The maximum Gasteiger partial charge on any atom is 0.131 e. The van der Waals surface area contributed by atoms with Crippen molar-refractivity contribution < 1.29 is 8.78 Å². The fourth-order valence-corrected chi connectivity index (χ4v) is 1.87. The van der Waals surface area contributed by atoms with Gasteiger partial charge in [0.25, 0.3) is 0 Å². The summed E-state index contributed by atoms with van der Waals surface area (Å²) in [6, 6.07) is 7.02. The topological polar surface area (TPSA) is 24.9 Å². The van der Waals surface area contributed by atoms with Gasteiger partial charge in [0.05, 0.1) is 17.4 Å². The fraction of sp³-hybridized carbons (Fsp3) is 0.214. The lowest BCUT2D eigenvalue weighted by Crippen LogP contribution is -2.11. The normalized spacial score (nSPS) is 12.2. The summed E-state index contributed by atoms with van der Waals surface area (Å²) < 4.78 is 27.2. The zero-order valence-electron chi connectivity index (χ0n) is 10.2. The minimum Gasteiger partial charge on any atom is -0.377 e. The van der Waals surface area contributed by atoms with Gasteiger partial charge in [-0.25, -0.2) is 8.78 Å². The quantitative estimate of drug-likeness (QED) is 0.892. The number of pyridine rings is 1. The van der Waals surface area contributed by atoms with Crippen molar-refractivity contribution in [2.45, 2.75) is 19.9 Å². The zero-order valence-corrected chi connectivity index (χ0v) is 10.2. The molecule has 18 heavy (non-hydrogen) atoms. The summed E-state index contributed by atoms with van der Waals surface area (Å²) >= 11 is 0. The average Bonchev–Trinajstić information content (AvgIpc) is 2.32. The van der Waals surface area contributed by atoms with E-state index in [2.05, 4.69) is 10.3 Å². The Morgan fingerprint density at radius 3 is 2.39 bits per heavy atom. The van der Waals surface area contributed by atoms with Crippen LogP contribution in [0.25, 0.3) is 0 Å². The predicted octanol–water partition coefficient (Wildman–Crippen LogP) is 3.84. The highest BCUT2D eigenvalue weighted by Crippen LogP contribution is 2.25. The van der Waals surface area contributed by atoms with E-state index in [0.29, 0.717) is 0 Å². The van der Waals surface area contributed by atoms with Crippen molar-refractivity contribution in [2.24, 2.45) is 0 Å². The first-order valence-corrected chi connectivity index (χ1v) is 5.71. The molecular weight excluding hydrogens is 234 g/mol.